The van der Waals surface area contributed by atoms with Gasteiger partial charge in [0.2, 0.25) is 0 Å². The van der Waals surface area contributed by atoms with Crippen LogP contribution in [-0.4, -0.2) is 12.1 Å². The first-order chi connectivity index (χ1) is 8.22. The van der Waals surface area contributed by atoms with Gasteiger partial charge >= 0.3 is 0 Å². The van der Waals surface area contributed by atoms with Gasteiger partial charge in [-0.25, -0.2) is 0 Å². The zero-order valence-corrected chi connectivity index (χ0v) is 10.1. The normalized spacial score (nSPS) is 12.1. The number of methoxy groups -OCH3 is 1. The average molecular weight is 228 g/mol. The second-order valence-corrected chi connectivity index (χ2v) is 3.97. The van der Waals surface area contributed by atoms with E-state index in [9.17, 15) is 0 Å². The third-order valence-electron chi connectivity index (χ3n) is 2.89. The minimum Gasteiger partial charge on any atom is -0.497 e. The fourth-order valence-electron chi connectivity index (χ4n) is 1.85. The summed E-state index contributed by atoms with van der Waals surface area (Å²) in [5.41, 5.74) is 8.82. The highest BCUT2D eigenvalue weighted by atomic mass is 16.5. The van der Waals surface area contributed by atoms with Crippen LogP contribution >= 0.6 is 0 Å². The third-order valence-corrected chi connectivity index (χ3v) is 2.89. The molecule has 88 valence electrons. The van der Waals surface area contributed by atoms with Crippen LogP contribution in [0.4, 0.5) is 5.69 Å². The molecule has 2 rings (SSSR count). The van der Waals surface area contributed by atoms with Crippen molar-refractivity contribution in [3.8, 4) is 5.75 Å². The van der Waals surface area contributed by atoms with Gasteiger partial charge < -0.3 is 10.5 Å². The minimum atomic E-state index is 0.159. The number of hydrogen-bond acceptors (Lipinski definition) is 3. The first kappa shape index (κ1) is 11.5. The summed E-state index contributed by atoms with van der Waals surface area (Å²) in [6.07, 6.45) is 1.79. The Hall–Kier alpha value is -2.03. The number of ether oxygens (including phenoxy) is 1. The first-order valence-corrected chi connectivity index (χ1v) is 5.56. The van der Waals surface area contributed by atoms with E-state index in [-0.39, 0.29) is 5.92 Å². The van der Waals surface area contributed by atoms with Gasteiger partial charge in [-0.1, -0.05) is 13.0 Å². The van der Waals surface area contributed by atoms with Gasteiger partial charge in [-0.05, 0) is 35.9 Å². The summed E-state index contributed by atoms with van der Waals surface area (Å²) in [6.45, 7) is 2.09. The van der Waals surface area contributed by atoms with E-state index in [1.54, 1.807) is 13.3 Å². The van der Waals surface area contributed by atoms with Crippen LogP contribution in [0.2, 0.25) is 0 Å². The number of nitrogens with two attached hydrogens (primary N) is 1. The number of rotatable bonds is 3. The molecule has 1 atom stereocenters. The molecule has 17 heavy (non-hydrogen) atoms. The van der Waals surface area contributed by atoms with Crippen molar-refractivity contribution in [1.29, 1.82) is 0 Å². The molecule has 0 fully saturated rings. The van der Waals surface area contributed by atoms with Crippen LogP contribution in [-0.2, 0) is 0 Å². The van der Waals surface area contributed by atoms with Gasteiger partial charge in [0.05, 0.1) is 7.11 Å². The predicted molar refractivity (Wildman–Crippen MR) is 69.2 cm³/mol. The van der Waals surface area contributed by atoms with Crippen molar-refractivity contribution in [2.45, 2.75) is 12.8 Å². The van der Waals surface area contributed by atoms with Crippen LogP contribution in [0.3, 0.4) is 0 Å². The largest absolute Gasteiger partial charge is 0.497 e. The van der Waals surface area contributed by atoms with Gasteiger partial charge in [-0.3, -0.25) is 4.98 Å². The Balaban J connectivity index is 2.40. The van der Waals surface area contributed by atoms with Crippen molar-refractivity contribution in [3.63, 3.8) is 0 Å². The molecule has 1 heterocycles. The number of anilines is 1. The molecule has 0 aliphatic carbocycles. The van der Waals surface area contributed by atoms with E-state index in [2.05, 4.69) is 11.9 Å². The minimum absolute atomic E-state index is 0.159. The molecular weight excluding hydrogens is 212 g/mol. The van der Waals surface area contributed by atoms with E-state index in [4.69, 9.17) is 10.5 Å². The van der Waals surface area contributed by atoms with Crippen molar-refractivity contribution < 1.29 is 4.74 Å². The maximum Gasteiger partial charge on any atom is 0.119 e. The summed E-state index contributed by atoms with van der Waals surface area (Å²) in [7, 11) is 1.65. The Morgan fingerprint density at radius 2 is 2.06 bits per heavy atom. The lowest BCUT2D eigenvalue weighted by atomic mass is 9.95. The van der Waals surface area contributed by atoms with Gasteiger partial charge in [0, 0.05) is 23.5 Å². The summed E-state index contributed by atoms with van der Waals surface area (Å²) < 4.78 is 5.22. The van der Waals surface area contributed by atoms with Gasteiger partial charge in [0.15, 0.2) is 0 Å². The summed E-state index contributed by atoms with van der Waals surface area (Å²) >= 11 is 0. The number of hydrogen-bond donors (Lipinski definition) is 1. The van der Waals surface area contributed by atoms with E-state index < -0.39 is 0 Å². The summed E-state index contributed by atoms with van der Waals surface area (Å²) in [6, 6.07) is 11.6. The standard InChI is InChI=1S/C14H16N2O/c1-10(14-5-3-4-8-16-14)12-9-11(17-2)6-7-13(12)15/h3-10H,15H2,1-2H3. The Morgan fingerprint density at radius 3 is 2.71 bits per heavy atom. The summed E-state index contributed by atoms with van der Waals surface area (Å²) in [5, 5.41) is 0. The number of nitrogen functional groups attached to an aromatic ring is 1. The van der Waals surface area contributed by atoms with Gasteiger partial charge in [0.25, 0.3) is 0 Å². The van der Waals surface area contributed by atoms with Crippen molar-refractivity contribution in [3.05, 3.63) is 53.9 Å². The topological polar surface area (TPSA) is 48.1 Å². The molecule has 0 bridgehead atoms. The molecule has 0 spiro atoms. The molecule has 3 nitrogen and oxygen atoms in total. The van der Waals surface area contributed by atoms with Crippen LogP contribution in [0.15, 0.2) is 42.6 Å². The average Bonchev–Trinajstić information content (AvgIpc) is 2.39. The fraction of sp³-hybridized carbons (Fsp3) is 0.214. The lowest BCUT2D eigenvalue weighted by Gasteiger charge is -2.15. The predicted octanol–water partition coefficient (Wildman–Crippen LogP) is 2.82. The monoisotopic (exact) mass is 228 g/mol. The van der Waals surface area contributed by atoms with E-state index in [0.29, 0.717) is 0 Å². The maximum atomic E-state index is 6.00. The van der Waals surface area contributed by atoms with E-state index in [0.717, 1.165) is 22.7 Å². The molecule has 0 saturated carbocycles. The van der Waals surface area contributed by atoms with Crippen LogP contribution in [0, 0.1) is 0 Å². The molecule has 0 radical (unpaired) electrons. The second kappa shape index (κ2) is 4.87. The summed E-state index contributed by atoms with van der Waals surface area (Å²) in [5.74, 6) is 0.975. The van der Waals surface area contributed by atoms with Crippen LogP contribution < -0.4 is 10.5 Å². The molecule has 1 aromatic heterocycles. The highest BCUT2D eigenvalue weighted by Gasteiger charge is 2.13. The number of nitrogens with zero attached hydrogens (tertiary/aromatic N) is 1. The van der Waals surface area contributed by atoms with Crippen molar-refractivity contribution >= 4 is 5.69 Å². The van der Waals surface area contributed by atoms with Crippen LogP contribution in [0.1, 0.15) is 24.1 Å². The third kappa shape index (κ3) is 2.38. The molecular formula is C14H16N2O. The molecule has 1 unspecified atom stereocenters. The van der Waals surface area contributed by atoms with Gasteiger partial charge in [-0.2, -0.15) is 0 Å². The number of pyridine rings is 1. The second-order valence-electron chi connectivity index (χ2n) is 3.97. The molecule has 0 saturated heterocycles. The molecule has 0 aliphatic rings. The lowest BCUT2D eigenvalue weighted by molar-refractivity contribution is 0.414. The molecule has 1 aromatic carbocycles. The lowest BCUT2D eigenvalue weighted by Crippen LogP contribution is -2.03. The van der Waals surface area contributed by atoms with Gasteiger partial charge in [-0.15, -0.1) is 0 Å². The van der Waals surface area contributed by atoms with E-state index >= 15 is 0 Å². The SMILES string of the molecule is COc1ccc(N)c(C(C)c2ccccn2)c1. The Labute approximate surface area is 101 Å². The van der Waals surface area contributed by atoms with Crippen LogP contribution in [0.5, 0.6) is 5.75 Å². The highest BCUT2D eigenvalue weighted by molar-refractivity contribution is 5.53. The highest BCUT2D eigenvalue weighted by Crippen LogP contribution is 2.30. The quantitative estimate of drug-likeness (QED) is 0.822. The van der Waals surface area contributed by atoms with E-state index in [1.807, 2.05) is 36.4 Å². The molecule has 0 aliphatic heterocycles. The Bertz CT molecular complexity index is 497. The van der Waals surface area contributed by atoms with Crippen LogP contribution in [0.25, 0.3) is 0 Å². The first-order valence-electron chi connectivity index (χ1n) is 5.56. The fourth-order valence-corrected chi connectivity index (χ4v) is 1.85. The van der Waals surface area contributed by atoms with Crippen molar-refractivity contribution in [2.24, 2.45) is 0 Å². The maximum absolute atomic E-state index is 6.00. The Morgan fingerprint density at radius 1 is 1.24 bits per heavy atom. The number of benzene rings is 1. The van der Waals surface area contributed by atoms with Crippen molar-refractivity contribution in [2.75, 3.05) is 12.8 Å². The van der Waals surface area contributed by atoms with E-state index in [1.165, 1.54) is 0 Å². The summed E-state index contributed by atoms with van der Waals surface area (Å²) in [4.78, 5) is 4.36. The zero-order chi connectivity index (χ0) is 12.3. The van der Waals surface area contributed by atoms with Gasteiger partial charge in [0.1, 0.15) is 5.75 Å². The smallest absolute Gasteiger partial charge is 0.119 e. The molecule has 2 N–H and O–H groups in total. The molecule has 0 amide bonds. The zero-order valence-electron chi connectivity index (χ0n) is 10.1. The molecule has 2 aromatic rings. The Kier molecular flexibility index (Phi) is 3.28. The molecule has 3 heteroatoms. The van der Waals surface area contributed by atoms with Crippen molar-refractivity contribution in [1.82, 2.24) is 4.98 Å². The number of aromatic nitrogens is 1.